The van der Waals surface area contributed by atoms with Gasteiger partial charge in [0.15, 0.2) is 0 Å². The lowest BCUT2D eigenvalue weighted by molar-refractivity contribution is -0.117. The molecule has 1 aromatic heterocycles. The lowest BCUT2D eigenvalue weighted by atomic mass is 10.1. The summed E-state index contributed by atoms with van der Waals surface area (Å²) in [5.41, 5.74) is 2.68. The number of rotatable bonds is 6. The number of benzene rings is 2. The molecule has 0 radical (unpaired) electrons. The predicted molar refractivity (Wildman–Crippen MR) is 102 cm³/mol. The third-order valence-electron chi connectivity index (χ3n) is 4.28. The number of amides is 1. The average Bonchev–Trinajstić information content (AvgIpc) is 3.00. The number of hydrogen-bond donors (Lipinski definition) is 4. The molecule has 2 atom stereocenters. The number of ether oxygens (including phenoxy) is 1. The molecule has 1 heterocycles. The number of imidazole rings is 1. The number of aromatic amines is 2. The molecule has 0 bridgehead atoms. The van der Waals surface area contributed by atoms with Crippen molar-refractivity contribution in [2.24, 2.45) is 0 Å². The van der Waals surface area contributed by atoms with Crippen LogP contribution in [0.15, 0.2) is 47.3 Å². The van der Waals surface area contributed by atoms with Crippen LogP contribution in [0.2, 0.25) is 0 Å². The lowest BCUT2D eigenvalue weighted by Crippen LogP contribution is -2.39. The zero-order valence-corrected chi connectivity index (χ0v) is 14.9. The molecule has 3 rings (SSSR count). The van der Waals surface area contributed by atoms with E-state index in [0.717, 1.165) is 11.3 Å². The Morgan fingerprint density at radius 2 is 1.81 bits per heavy atom. The van der Waals surface area contributed by atoms with E-state index in [1.165, 1.54) is 0 Å². The highest BCUT2D eigenvalue weighted by molar-refractivity contribution is 5.96. The van der Waals surface area contributed by atoms with Crippen molar-refractivity contribution in [1.29, 1.82) is 0 Å². The third-order valence-corrected chi connectivity index (χ3v) is 4.28. The monoisotopic (exact) mass is 354 g/mol. The predicted octanol–water partition coefficient (Wildman–Crippen LogP) is 2.54. The Morgan fingerprint density at radius 3 is 2.58 bits per heavy atom. The van der Waals surface area contributed by atoms with E-state index in [2.05, 4.69) is 20.6 Å². The van der Waals surface area contributed by atoms with Crippen molar-refractivity contribution in [2.75, 3.05) is 12.4 Å². The maximum Gasteiger partial charge on any atom is 0.323 e. The molecule has 0 fully saturated rings. The quantitative estimate of drug-likeness (QED) is 0.547. The molecule has 0 aliphatic heterocycles. The van der Waals surface area contributed by atoms with Crippen LogP contribution in [-0.2, 0) is 4.79 Å². The molecule has 4 N–H and O–H groups in total. The standard InChI is InChI=1S/C19H22N4O3/c1-11(14-6-4-5-7-17(14)26-3)20-12(2)18(24)21-13-8-9-15-16(10-13)23-19(25)22-15/h4-12,20H,1-3H3,(H,21,24)(H2,22,23,25)/t11-,12-/m0/s1. The average molecular weight is 354 g/mol. The van der Waals surface area contributed by atoms with Gasteiger partial charge >= 0.3 is 5.69 Å². The molecule has 1 amide bonds. The third kappa shape index (κ3) is 3.78. The molecule has 2 aromatic carbocycles. The minimum atomic E-state index is -0.420. The maximum absolute atomic E-state index is 12.5. The van der Waals surface area contributed by atoms with Gasteiger partial charge in [-0.15, -0.1) is 0 Å². The van der Waals surface area contributed by atoms with Crippen molar-refractivity contribution in [3.05, 3.63) is 58.5 Å². The van der Waals surface area contributed by atoms with Crippen molar-refractivity contribution < 1.29 is 9.53 Å². The van der Waals surface area contributed by atoms with E-state index >= 15 is 0 Å². The van der Waals surface area contributed by atoms with Crippen LogP contribution in [0.5, 0.6) is 5.75 Å². The Hall–Kier alpha value is -3.06. The number of H-pyrrole nitrogens is 2. The molecule has 0 aliphatic rings. The Labute approximate surface area is 150 Å². The highest BCUT2D eigenvalue weighted by Gasteiger charge is 2.18. The SMILES string of the molecule is COc1ccccc1[C@H](C)N[C@@H](C)C(=O)Nc1ccc2[nH]c(=O)[nH]c2c1. The molecule has 0 unspecified atom stereocenters. The molecule has 7 nitrogen and oxygen atoms in total. The van der Waals surface area contributed by atoms with Gasteiger partial charge in [0.25, 0.3) is 0 Å². The molecule has 0 aliphatic carbocycles. The van der Waals surface area contributed by atoms with Crippen LogP contribution in [0, 0.1) is 0 Å². The number of hydrogen-bond acceptors (Lipinski definition) is 4. The second-order valence-electron chi connectivity index (χ2n) is 6.18. The zero-order chi connectivity index (χ0) is 18.7. The molecule has 3 aromatic rings. The first kappa shape index (κ1) is 17.8. The minimum absolute atomic E-state index is 0.0598. The first-order chi connectivity index (χ1) is 12.5. The molecule has 7 heteroatoms. The maximum atomic E-state index is 12.5. The highest BCUT2D eigenvalue weighted by Crippen LogP contribution is 2.24. The number of anilines is 1. The largest absolute Gasteiger partial charge is 0.496 e. The number of para-hydroxylation sites is 1. The lowest BCUT2D eigenvalue weighted by Gasteiger charge is -2.21. The van der Waals surface area contributed by atoms with Crippen LogP contribution in [0.4, 0.5) is 5.69 Å². The summed E-state index contributed by atoms with van der Waals surface area (Å²) in [5.74, 6) is 0.617. The first-order valence-electron chi connectivity index (χ1n) is 8.40. The fourth-order valence-electron chi connectivity index (χ4n) is 2.93. The van der Waals surface area contributed by atoms with E-state index in [0.29, 0.717) is 16.7 Å². The molecule has 136 valence electrons. The fraction of sp³-hybridized carbons (Fsp3) is 0.263. The summed E-state index contributed by atoms with van der Waals surface area (Å²) in [4.78, 5) is 29.2. The summed E-state index contributed by atoms with van der Waals surface area (Å²) >= 11 is 0. The van der Waals surface area contributed by atoms with E-state index in [9.17, 15) is 9.59 Å². The Bertz CT molecular complexity index is 976. The number of aromatic nitrogens is 2. The first-order valence-corrected chi connectivity index (χ1v) is 8.40. The second kappa shape index (κ2) is 7.45. The van der Waals surface area contributed by atoms with E-state index < -0.39 is 6.04 Å². The summed E-state index contributed by atoms with van der Waals surface area (Å²) in [6.45, 7) is 3.79. The molecule has 0 spiro atoms. The summed E-state index contributed by atoms with van der Waals surface area (Å²) in [7, 11) is 1.63. The topological polar surface area (TPSA) is 99.0 Å². The Kier molecular flexibility index (Phi) is 5.09. The molecular formula is C19H22N4O3. The summed E-state index contributed by atoms with van der Waals surface area (Å²) in [5, 5.41) is 6.14. The van der Waals surface area contributed by atoms with E-state index in [1.807, 2.05) is 31.2 Å². The van der Waals surface area contributed by atoms with Crippen LogP contribution >= 0.6 is 0 Å². The number of methoxy groups -OCH3 is 1. The van der Waals surface area contributed by atoms with E-state index in [-0.39, 0.29) is 17.6 Å². The van der Waals surface area contributed by atoms with Crippen LogP contribution in [-0.4, -0.2) is 29.0 Å². The van der Waals surface area contributed by atoms with E-state index in [1.54, 1.807) is 32.2 Å². The van der Waals surface area contributed by atoms with Gasteiger partial charge < -0.3 is 20.0 Å². The van der Waals surface area contributed by atoms with Gasteiger partial charge in [0.05, 0.1) is 24.2 Å². The van der Waals surface area contributed by atoms with Crippen molar-refractivity contribution >= 4 is 22.6 Å². The highest BCUT2D eigenvalue weighted by atomic mass is 16.5. The molecule has 0 saturated heterocycles. The van der Waals surface area contributed by atoms with Crippen molar-refractivity contribution in [3.8, 4) is 5.75 Å². The molecular weight excluding hydrogens is 332 g/mol. The summed E-state index contributed by atoms with van der Waals surface area (Å²) < 4.78 is 5.37. The van der Waals surface area contributed by atoms with Crippen molar-refractivity contribution in [1.82, 2.24) is 15.3 Å². The van der Waals surface area contributed by atoms with Crippen LogP contribution < -0.4 is 21.1 Å². The van der Waals surface area contributed by atoms with Gasteiger partial charge in [0.2, 0.25) is 5.91 Å². The summed E-state index contributed by atoms with van der Waals surface area (Å²) in [6.07, 6.45) is 0. The number of carbonyl (C=O) groups excluding carboxylic acids is 1. The molecule has 0 saturated carbocycles. The van der Waals surface area contributed by atoms with E-state index in [4.69, 9.17) is 4.74 Å². The molecule has 26 heavy (non-hydrogen) atoms. The number of nitrogens with one attached hydrogen (secondary N) is 4. The van der Waals surface area contributed by atoms with Crippen LogP contribution in [0.1, 0.15) is 25.5 Å². The number of carbonyl (C=O) groups is 1. The van der Waals surface area contributed by atoms with Gasteiger partial charge in [-0.1, -0.05) is 18.2 Å². The van der Waals surface area contributed by atoms with Gasteiger partial charge in [-0.05, 0) is 38.1 Å². The van der Waals surface area contributed by atoms with Crippen molar-refractivity contribution in [2.45, 2.75) is 25.9 Å². The van der Waals surface area contributed by atoms with Gasteiger partial charge in [-0.3, -0.25) is 10.1 Å². The smallest absolute Gasteiger partial charge is 0.323 e. The van der Waals surface area contributed by atoms with Gasteiger partial charge in [-0.25, -0.2) is 4.79 Å². The number of fused-ring (bicyclic) bond motifs is 1. The Balaban J connectivity index is 1.67. The van der Waals surface area contributed by atoms with Crippen molar-refractivity contribution in [3.63, 3.8) is 0 Å². The van der Waals surface area contributed by atoms with Gasteiger partial charge in [-0.2, -0.15) is 0 Å². The fourth-order valence-corrected chi connectivity index (χ4v) is 2.93. The normalized spacial score (nSPS) is 13.3. The summed E-state index contributed by atoms with van der Waals surface area (Å²) in [6, 6.07) is 12.5. The minimum Gasteiger partial charge on any atom is -0.496 e. The van der Waals surface area contributed by atoms with Gasteiger partial charge in [0, 0.05) is 17.3 Å². The Morgan fingerprint density at radius 1 is 1.08 bits per heavy atom. The van der Waals surface area contributed by atoms with Crippen LogP contribution in [0.3, 0.4) is 0 Å². The second-order valence-corrected chi connectivity index (χ2v) is 6.18. The van der Waals surface area contributed by atoms with Crippen LogP contribution in [0.25, 0.3) is 11.0 Å². The zero-order valence-electron chi connectivity index (χ0n) is 14.9. The van der Waals surface area contributed by atoms with Gasteiger partial charge in [0.1, 0.15) is 5.75 Å².